The highest BCUT2D eigenvalue weighted by Crippen LogP contribution is 2.28. The van der Waals surface area contributed by atoms with E-state index >= 15 is 0 Å². The van der Waals surface area contributed by atoms with Crippen LogP contribution in [0.2, 0.25) is 0 Å². The molecule has 6 heteroatoms. The first-order chi connectivity index (χ1) is 10.1. The Hall–Kier alpha value is -1.97. The molecule has 4 nitrogen and oxygen atoms in total. The van der Waals surface area contributed by atoms with Crippen LogP contribution in [0.3, 0.4) is 0 Å². The fourth-order valence-corrected chi connectivity index (χ4v) is 2.92. The number of benzene rings is 2. The van der Waals surface area contributed by atoms with Crippen molar-refractivity contribution in [3.63, 3.8) is 0 Å². The number of hydrogen-bond acceptors (Lipinski definition) is 4. The zero-order valence-corrected chi connectivity index (χ0v) is 13.4. The molecular weight excluding hydrogens is 350 g/mol. The van der Waals surface area contributed by atoms with E-state index in [4.69, 9.17) is 11.0 Å². The number of carbonyl (C=O) groups excluding carboxylic acids is 1. The van der Waals surface area contributed by atoms with Gasteiger partial charge < -0.3 is 11.1 Å². The molecule has 0 bridgehead atoms. The molecule has 0 aromatic heterocycles. The minimum atomic E-state index is -0.121. The van der Waals surface area contributed by atoms with Gasteiger partial charge in [-0.25, -0.2) is 0 Å². The largest absolute Gasteiger partial charge is 0.398 e. The summed E-state index contributed by atoms with van der Waals surface area (Å²) in [5.74, 6) is 0.143. The topological polar surface area (TPSA) is 78.9 Å². The Morgan fingerprint density at radius 2 is 2.00 bits per heavy atom. The highest BCUT2D eigenvalue weighted by molar-refractivity contribution is 9.10. The normalized spacial score (nSPS) is 9.90. The average Bonchev–Trinajstić information content (AvgIpc) is 2.49. The van der Waals surface area contributed by atoms with E-state index in [1.54, 1.807) is 30.3 Å². The van der Waals surface area contributed by atoms with Crippen LogP contribution in [0, 0.1) is 11.3 Å². The summed E-state index contributed by atoms with van der Waals surface area (Å²) in [5, 5.41) is 11.5. The number of halogens is 1. The first kappa shape index (κ1) is 15.4. The van der Waals surface area contributed by atoms with E-state index in [0.717, 1.165) is 9.37 Å². The van der Waals surface area contributed by atoms with Crippen molar-refractivity contribution in [3.05, 3.63) is 52.5 Å². The maximum atomic E-state index is 11.9. The standard InChI is InChI=1S/C15H12BrN3OS/c16-11-3-6-13(18)14(7-11)21-9-15(20)19-12-4-1-10(8-17)2-5-12/h1-7H,9,18H2,(H,19,20). The molecule has 0 aliphatic carbocycles. The van der Waals surface area contributed by atoms with E-state index in [9.17, 15) is 4.79 Å². The van der Waals surface area contributed by atoms with Crippen molar-refractivity contribution in [3.8, 4) is 6.07 Å². The number of thioether (sulfide) groups is 1. The number of carbonyl (C=O) groups is 1. The molecule has 0 saturated heterocycles. The molecule has 0 unspecified atom stereocenters. The van der Waals surface area contributed by atoms with E-state index in [0.29, 0.717) is 16.9 Å². The Balaban J connectivity index is 1.92. The third-order valence-electron chi connectivity index (χ3n) is 2.63. The molecule has 0 aliphatic rings. The number of nitrogens with one attached hydrogen (secondary N) is 1. The molecule has 2 aromatic carbocycles. The Morgan fingerprint density at radius 1 is 1.29 bits per heavy atom. The molecule has 1 amide bonds. The summed E-state index contributed by atoms with van der Waals surface area (Å²) in [6.07, 6.45) is 0. The van der Waals surface area contributed by atoms with Crippen molar-refractivity contribution < 1.29 is 4.79 Å². The minimum Gasteiger partial charge on any atom is -0.398 e. The summed E-state index contributed by atoms with van der Waals surface area (Å²) in [6, 6.07) is 14.3. The fraction of sp³-hybridized carbons (Fsp3) is 0.0667. The lowest BCUT2D eigenvalue weighted by atomic mass is 10.2. The Labute approximate surface area is 135 Å². The van der Waals surface area contributed by atoms with Crippen molar-refractivity contribution in [1.29, 1.82) is 5.26 Å². The van der Waals surface area contributed by atoms with Gasteiger partial charge in [0, 0.05) is 20.7 Å². The predicted molar refractivity (Wildman–Crippen MR) is 89.1 cm³/mol. The molecule has 0 saturated carbocycles. The van der Waals surface area contributed by atoms with Gasteiger partial charge in [-0.3, -0.25) is 4.79 Å². The second kappa shape index (κ2) is 7.16. The van der Waals surface area contributed by atoms with Crippen molar-refractivity contribution in [2.24, 2.45) is 0 Å². The fourth-order valence-electron chi connectivity index (χ4n) is 1.60. The van der Waals surface area contributed by atoms with Gasteiger partial charge in [-0.2, -0.15) is 5.26 Å². The first-order valence-electron chi connectivity index (χ1n) is 6.06. The van der Waals surface area contributed by atoms with E-state index in [1.807, 2.05) is 18.2 Å². The van der Waals surface area contributed by atoms with E-state index < -0.39 is 0 Å². The summed E-state index contributed by atoms with van der Waals surface area (Å²) in [6.45, 7) is 0. The molecule has 0 fully saturated rings. The number of hydrogen-bond donors (Lipinski definition) is 2. The second-order valence-corrected chi connectivity index (χ2v) is 6.14. The van der Waals surface area contributed by atoms with Gasteiger partial charge in [-0.1, -0.05) is 15.9 Å². The van der Waals surface area contributed by atoms with Crippen LogP contribution in [-0.2, 0) is 4.79 Å². The maximum Gasteiger partial charge on any atom is 0.234 e. The van der Waals surface area contributed by atoms with Crippen LogP contribution in [0.4, 0.5) is 11.4 Å². The number of nitrogen functional groups attached to an aromatic ring is 1. The molecule has 2 rings (SSSR count). The first-order valence-corrected chi connectivity index (χ1v) is 7.84. The van der Waals surface area contributed by atoms with Gasteiger partial charge in [0.05, 0.1) is 17.4 Å². The Kier molecular flexibility index (Phi) is 5.26. The third kappa shape index (κ3) is 4.52. The molecule has 0 atom stereocenters. The van der Waals surface area contributed by atoms with E-state index in [2.05, 4.69) is 21.2 Å². The Morgan fingerprint density at radius 3 is 2.67 bits per heavy atom. The van der Waals surface area contributed by atoms with Crippen LogP contribution in [-0.4, -0.2) is 11.7 Å². The van der Waals surface area contributed by atoms with E-state index in [-0.39, 0.29) is 11.7 Å². The van der Waals surface area contributed by atoms with Gasteiger partial charge in [-0.15, -0.1) is 11.8 Å². The number of amides is 1. The van der Waals surface area contributed by atoms with Crippen LogP contribution >= 0.6 is 27.7 Å². The summed E-state index contributed by atoms with van der Waals surface area (Å²) in [7, 11) is 0. The van der Waals surface area contributed by atoms with Gasteiger partial charge in [-0.05, 0) is 42.5 Å². The lowest BCUT2D eigenvalue weighted by Gasteiger charge is -2.07. The van der Waals surface area contributed by atoms with E-state index in [1.165, 1.54) is 11.8 Å². The predicted octanol–water partition coefficient (Wildman–Crippen LogP) is 3.63. The summed E-state index contributed by atoms with van der Waals surface area (Å²) >= 11 is 4.75. The highest BCUT2D eigenvalue weighted by atomic mass is 79.9. The number of nitrogens with two attached hydrogens (primary N) is 1. The number of nitrogens with zero attached hydrogens (tertiary/aromatic N) is 1. The molecule has 0 heterocycles. The SMILES string of the molecule is N#Cc1ccc(NC(=O)CSc2cc(Br)ccc2N)cc1. The molecule has 3 N–H and O–H groups in total. The monoisotopic (exact) mass is 361 g/mol. The van der Waals surface area contributed by atoms with Gasteiger partial charge in [0.2, 0.25) is 5.91 Å². The van der Waals surface area contributed by atoms with Crippen molar-refractivity contribution >= 4 is 45.0 Å². The van der Waals surface area contributed by atoms with Crippen molar-refractivity contribution in [1.82, 2.24) is 0 Å². The van der Waals surface area contributed by atoms with Gasteiger partial charge in [0.15, 0.2) is 0 Å². The quantitative estimate of drug-likeness (QED) is 0.643. The molecular formula is C15H12BrN3OS. The molecule has 0 aliphatic heterocycles. The maximum absolute atomic E-state index is 11.9. The summed E-state index contributed by atoms with van der Waals surface area (Å²) in [5.41, 5.74) is 7.73. The molecule has 0 spiro atoms. The second-order valence-electron chi connectivity index (χ2n) is 4.21. The number of anilines is 2. The molecule has 21 heavy (non-hydrogen) atoms. The summed E-state index contributed by atoms with van der Waals surface area (Å²) < 4.78 is 0.923. The van der Waals surface area contributed by atoms with Gasteiger partial charge in [0.25, 0.3) is 0 Å². The van der Waals surface area contributed by atoms with Crippen LogP contribution in [0.25, 0.3) is 0 Å². The third-order valence-corrected chi connectivity index (χ3v) is 4.20. The number of nitriles is 1. The highest BCUT2D eigenvalue weighted by Gasteiger charge is 2.06. The summed E-state index contributed by atoms with van der Waals surface area (Å²) in [4.78, 5) is 12.7. The zero-order valence-electron chi connectivity index (χ0n) is 11.0. The van der Waals surface area contributed by atoms with Crippen LogP contribution in [0.5, 0.6) is 0 Å². The van der Waals surface area contributed by atoms with Crippen molar-refractivity contribution in [2.75, 3.05) is 16.8 Å². The molecule has 2 aromatic rings. The molecule has 106 valence electrons. The lowest BCUT2D eigenvalue weighted by Crippen LogP contribution is -2.14. The van der Waals surface area contributed by atoms with Crippen LogP contribution < -0.4 is 11.1 Å². The average molecular weight is 362 g/mol. The van der Waals surface area contributed by atoms with Crippen LogP contribution in [0.1, 0.15) is 5.56 Å². The van der Waals surface area contributed by atoms with Crippen molar-refractivity contribution in [2.45, 2.75) is 4.90 Å². The number of rotatable bonds is 4. The lowest BCUT2D eigenvalue weighted by molar-refractivity contribution is -0.113. The molecule has 0 radical (unpaired) electrons. The zero-order chi connectivity index (χ0) is 15.2. The van der Waals surface area contributed by atoms with Gasteiger partial charge in [0.1, 0.15) is 0 Å². The Bertz CT molecular complexity index is 695. The minimum absolute atomic E-state index is 0.121. The van der Waals surface area contributed by atoms with Crippen LogP contribution in [0.15, 0.2) is 51.8 Å². The smallest absolute Gasteiger partial charge is 0.234 e. The van der Waals surface area contributed by atoms with Gasteiger partial charge >= 0.3 is 0 Å².